The smallest absolute Gasteiger partial charge is 0.137 e. The molecule has 0 N–H and O–H groups in total. The molecule has 0 bridgehead atoms. The van der Waals surface area contributed by atoms with Crippen molar-refractivity contribution < 1.29 is 0 Å². The Bertz CT molecular complexity index is 2980. The van der Waals surface area contributed by atoms with E-state index in [-0.39, 0.29) is 11.0 Å². The number of rotatable bonds is 7. The maximum absolute atomic E-state index is 5.03. The first-order chi connectivity index (χ1) is 29.5. The highest BCUT2D eigenvalue weighted by Crippen LogP contribution is 2.50. The van der Waals surface area contributed by atoms with Crippen molar-refractivity contribution in [3.63, 3.8) is 0 Å². The first-order valence-electron chi connectivity index (χ1n) is 21.3. The van der Waals surface area contributed by atoms with Crippen molar-refractivity contribution >= 4 is 55.9 Å². The summed E-state index contributed by atoms with van der Waals surface area (Å²) in [5.74, 6) is 0.912. The van der Waals surface area contributed by atoms with Crippen molar-refractivity contribution in [3.05, 3.63) is 194 Å². The van der Waals surface area contributed by atoms with Gasteiger partial charge in [-0.25, -0.2) is 4.98 Å². The summed E-state index contributed by atoms with van der Waals surface area (Å²) >= 11 is 0. The van der Waals surface area contributed by atoms with Crippen LogP contribution in [-0.2, 0) is 5.41 Å². The van der Waals surface area contributed by atoms with E-state index in [1.807, 2.05) is 6.20 Å². The Morgan fingerprint density at radius 2 is 1.11 bits per heavy atom. The lowest BCUT2D eigenvalue weighted by Crippen LogP contribution is -2.42. The molecule has 0 saturated carbocycles. The molecule has 0 atom stereocenters. The molecular formula is C56H51N5. The second-order valence-electron chi connectivity index (χ2n) is 18.2. The van der Waals surface area contributed by atoms with Gasteiger partial charge in [0.2, 0.25) is 0 Å². The van der Waals surface area contributed by atoms with Gasteiger partial charge in [-0.15, -0.1) is 0 Å². The van der Waals surface area contributed by atoms with E-state index in [1.165, 1.54) is 27.7 Å². The Hall–Kier alpha value is -7.11. The largest absolute Gasteiger partial charge is 0.347 e. The average Bonchev–Trinajstić information content (AvgIpc) is 3.84. The number of para-hydroxylation sites is 4. The van der Waals surface area contributed by atoms with Crippen LogP contribution >= 0.6 is 0 Å². The van der Waals surface area contributed by atoms with Gasteiger partial charge in [-0.2, -0.15) is 0 Å². The number of fused-ring (bicyclic) bond motifs is 4. The van der Waals surface area contributed by atoms with Crippen LogP contribution in [0.4, 0.5) is 34.1 Å². The van der Waals surface area contributed by atoms with Crippen molar-refractivity contribution in [2.45, 2.75) is 52.5 Å². The summed E-state index contributed by atoms with van der Waals surface area (Å²) in [4.78, 5) is 12.5. The van der Waals surface area contributed by atoms with Crippen LogP contribution in [0, 0.1) is 0 Å². The predicted molar refractivity (Wildman–Crippen MR) is 259 cm³/mol. The van der Waals surface area contributed by atoms with Gasteiger partial charge in [0.1, 0.15) is 5.82 Å². The third kappa shape index (κ3) is 6.80. The minimum Gasteiger partial charge on any atom is -0.347 e. The standard InChI is InChI=1S/C56H51N5/c1-55(2,3)41-33-34-57-53(35-41)61-49-28-14-13-25-47(49)48-32-31-44(37-52(48)61)60(54-45(39-19-9-7-10-20-39)26-18-27-46(54)40-21-11-8-12-22-40)43-24-17-23-42(36-43)58-38-59(56(4,5)6)51-30-16-15-29-50(51)58/h7-37H,38H2,1-6H3. The van der Waals surface area contributed by atoms with Crippen molar-refractivity contribution in [2.75, 3.05) is 21.4 Å². The number of nitrogens with zero attached hydrogens (tertiary/aromatic N) is 5. The lowest BCUT2D eigenvalue weighted by molar-refractivity contribution is 0.518. The summed E-state index contributed by atoms with van der Waals surface area (Å²) in [5, 5.41) is 2.39. The number of hydrogen-bond acceptors (Lipinski definition) is 4. The molecule has 1 aliphatic rings. The normalized spacial score (nSPS) is 13.0. The van der Waals surface area contributed by atoms with Gasteiger partial charge >= 0.3 is 0 Å². The molecule has 5 heteroatoms. The molecule has 2 aromatic heterocycles. The molecule has 5 nitrogen and oxygen atoms in total. The quantitative estimate of drug-likeness (QED) is 0.161. The number of pyridine rings is 1. The molecule has 10 rings (SSSR count). The van der Waals surface area contributed by atoms with Gasteiger partial charge in [-0.05, 0) is 104 Å². The van der Waals surface area contributed by atoms with E-state index >= 15 is 0 Å². The Labute approximate surface area is 359 Å². The van der Waals surface area contributed by atoms with Gasteiger partial charge in [-0.1, -0.05) is 142 Å². The van der Waals surface area contributed by atoms with Gasteiger partial charge in [0.05, 0.1) is 34.8 Å². The summed E-state index contributed by atoms with van der Waals surface area (Å²) in [5.41, 5.74) is 14.9. The zero-order chi connectivity index (χ0) is 41.9. The SMILES string of the molecule is CC(C)(C)c1ccnc(-n2c3ccccc3c3ccc(N(c4cccc(N5CN(C(C)(C)C)c6ccccc65)c4)c4c(-c5ccccc5)cccc4-c4ccccc4)cc32)c1. The third-order valence-electron chi connectivity index (χ3n) is 12.1. The summed E-state index contributed by atoms with van der Waals surface area (Å²) in [6.07, 6.45) is 1.96. The van der Waals surface area contributed by atoms with Crippen molar-refractivity contribution in [3.8, 4) is 28.1 Å². The van der Waals surface area contributed by atoms with E-state index in [9.17, 15) is 0 Å². The third-order valence-corrected chi connectivity index (χ3v) is 12.1. The van der Waals surface area contributed by atoms with E-state index in [1.54, 1.807) is 0 Å². The maximum Gasteiger partial charge on any atom is 0.137 e. The molecule has 0 spiro atoms. The Morgan fingerprint density at radius 3 is 1.80 bits per heavy atom. The summed E-state index contributed by atoms with van der Waals surface area (Å²) in [7, 11) is 0. The monoisotopic (exact) mass is 793 g/mol. The summed E-state index contributed by atoms with van der Waals surface area (Å²) in [6, 6.07) is 66.3. The fourth-order valence-corrected chi connectivity index (χ4v) is 9.05. The zero-order valence-corrected chi connectivity index (χ0v) is 35.8. The lowest BCUT2D eigenvalue weighted by Gasteiger charge is -2.34. The molecule has 0 radical (unpaired) electrons. The number of aromatic nitrogens is 2. The first kappa shape index (κ1) is 38.1. The number of anilines is 6. The highest BCUT2D eigenvalue weighted by atomic mass is 15.4. The molecule has 3 heterocycles. The van der Waals surface area contributed by atoms with E-state index in [0.717, 1.165) is 68.5 Å². The van der Waals surface area contributed by atoms with Crippen LogP contribution in [0.25, 0.3) is 49.9 Å². The fraction of sp³-hybridized carbons (Fsp3) is 0.161. The van der Waals surface area contributed by atoms with Crippen molar-refractivity contribution in [1.29, 1.82) is 0 Å². The van der Waals surface area contributed by atoms with Crippen LogP contribution < -0.4 is 14.7 Å². The molecule has 300 valence electrons. The molecule has 7 aromatic carbocycles. The van der Waals surface area contributed by atoms with E-state index in [4.69, 9.17) is 4.98 Å². The van der Waals surface area contributed by atoms with E-state index in [0.29, 0.717) is 0 Å². The van der Waals surface area contributed by atoms with Crippen LogP contribution in [0.1, 0.15) is 47.1 Å². The van der Waals surface area contributed by atoms with Crippen LogP contribution in [0.3, 0.4) is 0 Å². The lowest BCUT2D eigenvalue weighted by atomic mass is 9.88. The summed E-state index contributed by atoms with van der Waals surface area (Å²) in [6.45, 7) is 14.4. The fourth-order valence-electron chi connectivity index (χ4n) is 9.05. The molecule has 0 amide bonds. The number of benzene rings is 7. The van der Waals surface area contributed by atoms with Crippen LogP contribution in [0.15, 0.2) is 188 Å². The van der Waals surface area contributed by atoms with E-state index in [2.05, 4.69) is 243 Å². The number of hydrogen-bond donors (Lipinski definition) is 0. The zero-order valence-electron chi connectivity index (χ0n) is 35.8. The van der Waals surface area contributed by atoms with Crippen molar-refractivity contribution in [2.24, 2.45) is 0 Å². The Morgan fingerprint density at radius 1 is 0.508 bits per heavy atom. The first-order valence-corrected chi connectivity index (χ1v) is 21.3. The van der Waals surface area contributed by atoms with Crippen LogP contribution in [-0.4, -0.2) is 21.8 Å². The Kier molecular flexibility index (Phi) is 9.29. The van der Waals surface area contributed by atoms with Gasteiger partial charge in [-0.3, -0.25) is 4.57 Å². The molecule has 0 aliphatic carbocycles. The minimum atomic E-state index is -0.0527. The van der Waals surface area contributed by atoms with Crippen LogP contribution in [0.2, 0.25) is 0 Å². The van der Waals surface area contributed by atoms with Gasteiger partial charge in [0.25, 0.3) is 0 Å². The van der Waals surface area contributed by atoms with Gasteiger partial charge < -0.3 is 14.7 Å². The molecule has 0 unspecified atom stereocenters. The predicted octanol–water partition coefficient (Wildman–Crippen LogP) is 15.0. The highest BCUT2D eigenvalue weighted by Gasteiger charge is 2.34. The Balaban J connectivity index is 1.26. The molecule has 61 heavy (non-hydrogen) atoms. The molecule has 0 fully saturated rings. The second kappa shape index (κ2) is 14.9. The van der Waals surface area contributed by atoms with Crippen LogP contribution in [0.5, 0.6) is 0 Å². The molecule has 9 aromatic rings. The van der Waals surface area contributed by atoms with Gasteiger partial charge in [0.15, 0.2) is 0 Å². The second-order valence-corrected chi connectivity index (χ2v) is 18.2. The molecule has 0 saturated heterocycles. The van der Waals surface area contributed by atoms with Crippen molar-refractivity contribution in [1.82, 2.24) is 9.55 Å². The minimum absolute atomic E-state index is 0.0296. The van der Waals surface area contributed by atoms with Gasteiger partial charge in [0, 0.05) is 50.7 Å². The average molecular weight is 794 g/mol. The molecular weight excluding hydrogens is 743 g/mol. The molecule has 1 aliphatic heterocycles. The van der Waals surface area contributed by atoms with E-state index < -0.39 is 0 Å². The summed E-state index contributed by atoms with van der Waals surface area (Å²) < 4.78 is 2.35. The topological polar surface area (TPSA) is 27.5 Å². The maximum atomic E-state index is 5.03. The highest BCUT2D eigenvalue weighted by molar-refractivity contribution is 6.11.